The van der Waals surface area contributed by atoms with Gasteiger partial charge in [0.2, 0.25) is 10.0 Å². The Morgan fingerprint density at radius 3 is 2.18 bits per heavy atom. The molecule has 1 fully saturated rings. The largest absolute Gasteiger partial charge is 0.379 e. The second kappa shape index (κ2) is 8.70. The van der Waals surface area contributed by atoms with Crippen LogP contribution in [0.1, 0.15) is 6.92 Å². The zero-order chi connectivity index (χ0) is 23.9. The van der Waals surface area contributed by atoms with Crippen LogP contribution in [-0.4, -0.2) is 52.0 Å². The highest BCUT2D eigenvalue weighted by atomic mass is 32.2. The zero-order valence-corrected chi connectivity index (χ0v) is 20.3. The molecule has 1 aliphatic rings. The molecule has 8 nitrogen and oxygen atoms in total. The summed E-state index contributed by atoms with van der Waals surface area (Å²) in [7, 11) is -7.60. The van der Waals surface area contributed by atoms with E-state index >= 15 is 0 Å². The predicted octanol–water partition coefficient (Wildman–Crippen LogP) is 3.64. The van der Waals surface area contributed by atoms with Crippen molar-refractivity contribution < 1.29 is 21.6 Å². The maximum absolute atomic E-state index is 13.0. The van der Waals surface area contributed by atoms with E-state index in [-0.39, 0.29) is 22.9 Å². The summed E-state index contributed by atoms with van der Waals surface area (Å²) in [5.41, 5.74) is 2.57. The minimum atomic E-state index is -3.91. The second-order valence-corrected chi connectivity index (χ2v) is 11.7. The van der Waals surface area contributed by atoms with E-state index in [2.05, 4.69) is 22.3 Å². The number of rotatable bonds is 6. The van der Waals surface area contributed by atoms with Crippen molar-refractivity contribution in [3.8, 4) is 0 Å². The van der Waals surface area contributed by atoms with Gasteiger partial charge in [0.25, 0.3) is 10.0 Å². The van der Waals surface area contributed by atoms with Gasteiger partial charge in [-0.3, -0.25) is 4.72 Å². The molecule has 3 aromatic carbocycles. The molecule has 0 amide bonds. The van der Waals surface area contributed by atoms with Crippen molar-refractivity contribution in [2.24, 2.45) is 0 Å². The number of aryl methyl sites for hydroxylation is 1. The van der Waals surface area contributed by atoms with Crippen molar-refractivity contribution in [2.45, 2.75) is 23.3 Å². The molecule has 1 aliphatic heterocycles. The van der Waals surface area contributed by atoms with Crippen LogP contribution in [0.3, 0.4) is 0 Å². The molecule has 1 aromatic heterocycles. The Kier molecular flexibility index (Phi) is 5.85. The highest BCUT2D eigenvalue weighted by Crippen LogP contribution is 2.31. The van der Waals surface area contributed by atoms with E-state index in [0.29, 0.717) is 18.9 Å². The fourth-order valence-corrected chi connectivity index (χ4v) is 6.86. The van der Waals surface area contributed by atoms with Crippen molar-refractivity contribution >= 4 is 47.5 Å². The summed E-state index contributed by atoms with van der Waals surface area (Å²) in [5, 5.41) is 2.02. The van der Waals surface area contributed by atoms with Gasteiger partial charge in [-0.1, -0.05) is 18.2 Å². The van der Waals surface area contributed by atoms with Crippen LogP contribution in [-0.2, 0) is 31.3 Å². The fraction of sp³-hybridized carbons (Fsp3) is 0.250. The highest BCUT2D eigenvalue weighted by Gasteiger charge is 2.27. The lowest BCUT2D eigenvalue weighted by Gasteiger charge is -2.26. The lowest BCUT2D eigenvalue weighted by atomic mass is 10.1. The van der Waals surface area contributed by atoms with Gasteiger partial charge in [0.05, 0.1) is 23.0 Å². The number of benzene rings is 3. The summed E-state index contributed by atoms with van der Waals surface area (Å²) < 4.78 is 63.0. The molecule has 0 bridgehead atoms. The summed E-state index contributed by atoms with van der Waals surface area (Å²) in [5.74, 6) is 0. The molecule has 34 heavy (non-hydrogen) atoms. The molecule has 0 atom stereocenters. The standard InChI is InChI=1S/C24H25N3O5S2/c1-2-27-23-6-4-3-5-21(23)22-17-18(7-12-24(22)27)25-33(28,29)19-8-10-20(11-9-19)34(30,31)26-13-15-32-16-14-26/h3-12,17,25H,2,13-16H2,1H3. The predicted molar refractivity (Wildman–Crippen MR) is 132 cm³/mol. The van der Waals surface area contributed by atoms with Gasteiger partial charge >= 0.3 is 0 Å². The number of fused-ring (bicyclic) bond motifs is 3. The van der Waals surface area contributed by atoms with Gasteiger partial charge in [-0.15, -0.1) is 0 Å². The molecule has 2 heterocycles. The van der Waals surface area contributed by atoms with Crippen LogP contribution in [0, 0.1) is 0 Å². The summed E-state index contributed by atoms with van der Waals surface area (Å²) in [4.78, 5) is 0.0478. The molecule has 4 aromatic rings. The molecule has 0 unspecified atom stereocenters. The number of anilines is 1. The number of hydrogen-bond donors (Lipinski definition) is 1. The summed E-state index contributed by atoms with van der Waals surface area (Å²) in [6, 6.07) is 18.8. The molecule has 0 aliphatic carbocycles. The van der Waals surface area contributed by atoms with Crippen LogP contribution in [0.5, 0.6) is 0 Å². The van der Waals surface area contributed by atoms with E-state index in [1.807, 2.05) is 30.3 Å². The molecule has 1 saturated heterocycles. The molecular formula is C24H25N3O5S2. The van der Waals surface area contributed by atoms with Crippen LogP contribution >= 0.6 is 0 Å². The van der Waals surface area contributed by atoms with Gasteiger partial charge in [0.15, 0.2) is 0 Å². The minimum absolute atomic E-state index is 0.00971. The SMILES string of the molecule is CCn1c2ccccc2c2cc(NS(=O)(=O)c3ccc(S(=O)(=O)N4CCOCC4)cc3)ccc21. The van der Waals surface area contributed by atoms with Gasteiger partial charge in [0, 0.05) is 47.1 Å². The number of ether oxygens (including phenoxy) is 1. The molecule has 0 saturated carbocycles. The number of hydrogen-bond acceptors (Lipinski definition) is 5. The number of nitrogens with one attached hydrogen (secondary N) is 1. The first-order valence-corrected chi connectivity index (χ1v) is 14.0. The van der Waals surface area contributed by atoms with Crippen molar-refractivity contribution in [3.63, 3.8) is 0 Å². The highest BCUT2D eigenvalue weighted by molar-refractivity contribution is 7.92. The van der Waals surface area contributed by atoms with Crippen molar-refractivity contribution in [2.75, 3.05) is 31.0 Å². The van der Waals surface area contributed by atoms with E-state index in [0.717, 1.165) is 28.4 Å². The first-order valence-electron chi connectivity index (χ1n) is 11.0. The Morgan fingerprint density at radius 1 is 0.824 bits per heavy atom. The quantitative estimate of drug-likeness (QED) is 0.437. The molecule has 0 spiro atoms. The number of aromatic nitrogens is 1. The maximum atomic E-state index is 13.0. The molecule has 0 radical (unpaired) electrons. The third-order valence-corrected chi connectivity index (χ3v) is 9.39. The smallest absolute Gasteiger partial charge is 0.261 e. The zero-order valence-electron chi connectivity index (χ0n) is 18.6. The normalized spacial score (nSPS) is 15.7. The average molecular weight is 500 g/mol. The third kappa shape index (κ3) is 3.96. The Morgan fingerprint density at radius 2 is 1.47 bits per heavy atom. The molecule has 5 rings (SSSR count). The van der Waals surface area contributed by atoms with Crippen molar-refractivity contribution in [1.82, 2.24) is 8.87 Å². The lowest BCUT2D eigenvalue weighted by molar-refractivity contribution is 0.0730. The van der Waals surface area contributed by atoms with Gasteiger partial charge < -0.3 is 9.30 Å². The van der Waals surface area contributed by atoms with E-state index in [9.17, 15) is 16.8 Å². The van der Waals surface area contributed by atoms with Crippen LogP contribution < -0.4 is 4.72 Å². The van der Waals surface area contributed by atoms with Gasteiger partial charge in [0.1, 0.15) is 0 Å². The van der Waals surface area contributed by atoms with E-state index < -0.39 is 20.0 Å². The van der Waals surface area contributed by atoms with Crippen molar-refractivity contribution in [1.29, 1.82) is 0 Å². The monoisotopic (exact) mass is 499 g/mol. The first kappa shape index (κ1) is 22.9. The van der Waals surface area contributed by atoms with Crippen LogP contribution in [0.2, 0.25) is 0 Å². The van der Waals surface area contributed by atoms with Crippen LogP contribution in [0.25, 0.3) is 21.8 Å². The minimum Gasteiger partial charge on any atom is -0.379 e. The second-order valence-electron chi connectivity index (χ2n) is 8.09. The van der Waals surface area contributed by atoms with Gasteiger partial charge in [-0.2, -0.15) is 4.31 Å². The summed E-state index contributed by atoms with van der Waals surface area (Å²) in [6.45, 7) is 4.12. The third-order valence-electron chi connectivity index (χ3n) is 6.08. The first-order chi connectivity index (χ1) is 16.3. The average Bonchev–Trinajstić information content (AvgIpc) is 3.17. The summed E-state index contributed by atoms with van der Waals surface area (Å²) >= 11 is 0. The molecule has 1 N–H and O–H groups in total. The number of para-hydroxylation sites is 1. The maximum Gasteiger partial charge on any atom is 0.261 e. The Labute approximate surface area is 198 Å². The van der Waals surface area contributed by atoms with Gasteiger partial charge in [-0.05, 0) is 55.5 Å². The lowest BCUT2D eigenvalue weighted by Crippen LogP contribution is -2.40. The van der Waals surface area contributed by atoms with E-state index in [1.165, 1.54) is 28.6 Å². The molecule has 178 valence electrons. The van der Waals surface area contributed by atoms with E-state index in [4.69, 9.17) is 4.74 Å². The molecule has 10 heteroatoms. The fourth-order valence-electron chi connectivity index (χ4n) is 4.40. The molecular weight excluding hydrogens is 474 g/mol. The van der Waals surface area contributed by atoms with Crippen LogP contribution in [0.4, 0.5) is 5.69 Å². The van der Waals surface area contributed by atoms with E-state index in [1.54, 1.807) is 6.07 Å². The number of morpholine rings is 1. The number of nitrogens with zero attached hydrogens (tertiary/aromatic N) is 2. The van der Waals surface area contributed by atoms with Gasteiger partial charge in [-0.25, -0.2) is 16.8 Å². The number of sulfonamides is 2. The topological polar surface area (TPSA) is 97.7 Å². The van der Waals surface area contributed by atoms with Crippen LogP contribution in [0.15, 0.2) is 76.5 Å². The Bertz CT molecular complexity index is 1570. The Hall–Kier alpha value is -2.92. The Balaban J connectivity index is 1.44. The summed E-state index contributed by atoms with van der Waals surface area (Å²) in [6.07, 6.45) is 0. The van der Waals surface area contributed by atoms with Crippen molar-refractivity contribution in [3.05, 3.63) is 66.7 Å².